The summed E-state index contributed by atoms with van der Waals surface area (Å²) in [4.78, 5) is 25.8. The molecule has 0 radical (unpaired) electrons. The molecule has 2 aliphatic rings. The molecule has 1 atom stereocenters. The van der Waals surface area contributed by atoms with Gasteiger partial charge in [-0.15, -0.1) is 0 Å². The van der Waals surface area contributed by atoms with Crippen LogP contribution in [-0.2, 0) is 16.6 Å². The molecule has 144 valence electrons. The zero-order valence-corrected chi connectivity index (χ0v) is 15.8. The van der Waals surface area contributed by atoms with Gasteiger partial charge in [0, 0.05) is 32.2 Å². The molecule has 1 aromatic heterocycles. The lowest BCUT2D eigenvalue weighted by Gasteiger charge is -2.29. The highest BCUT2D eigenvalue weighted by Gasteiger charge is 2.28. The molecule has 0 aromatic carbocycles. The molecule has 1 unspecified atom stereocenters. The van der Waals surface area contributed by atoms with Crippen molar-refractivity contribution in [3.8, 4) is 0 Å². The molecule has 1 N–H and O–H groups in total. The third-order valence-electron chi connectivity index (χ3n) is 5.65. The Kier molecular flexibility index (Phi) is 6.29. The van der Waals surface area contributed by atoms with E-state index < -0.39 is 0 Å². The van der Waals surface area contributed by atoms with Crippen molar-refractivity contribution >= 4 is 11.7 Å². The quantitative estimate of drug-likeness (QED) is 0.769. The zero-order valence-electron chi connectivity index (χ0n) is 15.8. The number of anilines is 1. The third kappa shape index (κ3) is 4.63. The van der Waals surface area contributed by atoms with Crippen LogP contribution in [0.25, 0.3) is 0 Å². The molecule has 2 heterocycles. The van der Waals surface area contributed by atoms with Crippen LogP contribution in [-0.4, -0.2) is 48.0 Å². The van der Waals surface area contributed by atoms with Crippen molar-refractivity contribution in [1.29, 1.82) is 0 Å². The molecule has 0 amide bonds. The second-order valence-corrected chi connectivity index (χ2v) is 7.49. The lowest BCUT2D eigenvalue weighted by atomic mass is 9.86. The molecule has 26 heavy (non-hydrogen) atoms. The van der Waals surface area contributed by atoms with Crippen LogP contribution in [0.3, 0.4) is 0 Å². The summed E-state index contributed by atoms with van der Waals surface area (Å²) in [5.41, 5.74) is 0.855. The number of aromatic nitrogens is 2. The van der Waals surface area contributed by atoms with Gasteiger partial charge in [0.25, 0.3) is 5.56 Å². The molecular weight excluding hydrogens is 332 g/mol. The van der Waals surface area contributed by atoms with Crippen LogP contribution in [0, 0.1) is 11.8 Å². The summed E-state index contributed by atoms with van der Waals surface area (Å²) in [5, 5.41) is 7.80. The monoisotopic (exact) mass is 362 g/mol. The van der Waals surface area contributed by atoms with Crippen LogP contribution in [0.2, 0.25) is 0 Å². The summed E-state index contributed by atoms with van der Waals surface area (Å²) < 4.78 is 6.49. The van der Waals surface area contributed by atoms with Crippen molar-refractivity contribution in [2.45, 2.75) is 45.1 Å². The number of hydrogen-bond acceptors (Lipinski definition) is 6. The van der Waals surface area contributed by atoms with Gasteiger partial charge in [-0.2, -0.15) is 5.10 Å². The number of rotatable bonds is 6. The van der Waals surface area contributed by atoms with E-state index in [1.165, 1.54) is 4.68 Å². The van der Waals surface area contributed by atoms with Crippen LogP contribution < -0.4 is 15.8 Å². The average Bonchev–Trinajstić information content (AvgIpc) is 3.12. The number of nitrogens with one attached hydrogen (secondary N) is 1. The molecule has 7 nitrogen and oxygen atoms in total. The van der Waals surface area contributed by atoms with Gasteiger partial charge in [0.1, 0.15) is 0 Å². The fourth-order valence-electron chi connectivity index (χ4n) is 3.99. The minimum absolute atomic E-state index is 0.0278. The van der Waals surface area contributed by atoms with E-state index in [0.717, 1.165) is 57.4 Å². The molecule has 0 spiro atoms. The topological polar surface area (TPSA) is 76.5 Å². The van der Waals surface area contributed by atoms with Crippen molar-refractivity contribution in [3.05, 3.63) is 22.6 Å². The van der Waals surface area contributed by atoms with E-state index in [1.807, 2.05) is 6.92 Å². The normalized spacial score (nSPS) is 26.1. The SMILES string of the molecule is CCOC(=O)C1CCC(NCC2CCN(c3cnn(C)c(=O)c3)C2)CC1. The Morgan fingerprint density at radius 3 is 2.77 bits per heavy atom. The van der Waals surface area contributed by atoms with E-state index in [9.17, 15) is 9.59 Å². The van der Waals surface area contributed by atoms with Gasteiger partial charge in [0.2, 0.25) is 0 Å². The lowest BCUT2D eigenvalue weighted by molar-refractivity contribution is -0.149. The summed E-state index contributed by atoms with van der Waals surface area (Å²) in [6.45, 7) is 5.25. The summed E-state index contributed by atoms with van der Waals surface area (Å²) in [7, 11) is 1.67. The number of esters is 1. The maximum absolute atomic E-state index is 11.8. The molecule has 1 saturated heterocycles. The van der Waals surface area contributed by atoms with Crippen molar-refractivity contribution in [1.82, 2.24) is 15.1 Å². The third-order valence-corrected chi connectivity index (χ3v) is 5.65. The summed E-state index contributed by atoms with van der Waals surface area (Å²) in [6, 6.07) is 2.17. The lowest BCUT2D eigenvalue weighted by Crippen LogP contribution is -2.38. The van der Waals surface area contributed by atoms with Crippen molar-refractivity contribution in [3.63, 3.8) is 0 Å². The van der Waals surface area contributed by atoms with Gasteiger partial charge in [-0.05, 0) is 51.5 Å². The van der Waals surface area contributed by atoms with E-state index in [1.54, 1.807) is 19.3 Å². The molecule has 1 aromatic rings. The van der Waals surface area contributed by atoms with E-state index in [0.29, 0.717) is 18.6 Å². The van der Waals surface area contributed by atoms with Gasteiger partial charge in [-0.1, -0.05) is 0 Å². The zero-order chi connectivity index (χ0) is 18.5. The Balaban J connectivity index is 1.40. The molecule has 1 saturated carbocycles. The molecule has 2 fully saturated rings. The van der Waals surface area contributed by atoms with Crippen LogP contribution in [0.4, 0.5) is 5.69 Å². The molecular formula is C19H30N4O3. The molecule has 1 aliphatic carbocycles. The Labute approximate surface area is 154 Å². The first-order valence-electron chi connectivity index (χ1n) is 9.75. The molecule has 7 heteroatoms. The summed E-state index contributed by atoms with van der Waals surface area (Å²) >= 11 is 0. The Morgan fingerprint density at radius 1 is 1.31 bits per heavy atom. The van der Waals surface area contributed by atoms with Gasteiger partial charge < -0.3 is 15.0 Å². The van der Waals surface area contributed by atoms with Crippen molar-refractivity contribution in [2.75, 3.05) is 31.1 Å². The fourth-order valence-corrected chi connectivity index (χ4v) is 3.99. The minimum atomic E-state index is -0.0672. The van der Waals surface area contributed by atoms with Gasteiger partial charge in [0.05, 0.1) is 24.4 Å². The Morgan fingerprint density at radius 2 is 2.08 bits per heavy atom. The van der Waals surface area contributed by atoms with Gasteiger partial charge in [-0.3, -0.25) is 9.59 Å². The van der Waals surface area contributed by atoms with Crippen LogP contribution in [0.5, 0.6) is 0 Å². The maximum atomic E-state index is 11.8. The van der Waals surface area contributed by atoms with Crippen molar-refractivity contribution < 1.29 is 9.53 Å². The number of aryl methyl sites for hydroxylation is 1. The number of hydrogen-bond donors (Lipinski definition) is 1. The first-order valence-corrected chi connectivity index (χ1v) is 9.75. The average molecular weight is 362 g/mol. The number of ether oxygens (including phenoxy) is 1. The fraction of sp³-hybridized carbons (Fsp3) is 0.737. The minimum Gasteiger partial charge on any atom is -0.466 e. The number of nitrogens with zero attached hydrogens (tertiary/aromatic N) is 3. The van der Waals surface area contributed by atoms with E-state index >= 15 is 0 Å². The van der Waals surface area contributed by atoms with Gasteiger partial charge in [0.15, 0.2) is 0 Å². The summed E-state index contributed by atoms with van der Waals surface area (Å²) in [5.74, 6) is 0.644. The van der Waals surface area contributed by atoms with E-state index in [2.05, 4.69) is 15.3 Å². The molecule has 0 bridgehead atoms. The van der Waals surface area contributed by atoms with Crippen LogP contribution >= 0.6 is 0 Å². The smallest absolute Gasteiger partial charge is 0.308 e. The predicted octanol–water partition coefficient (Wildman–Crippen LogP) is 1.32. The van der Waals surface area contributed by atoms with Gasteiger partial charge >= 0.3 is 5.97 Å². The first-order chi connectivity index (χ1) is 12.6. The maximum Gasteiger partial charge on any atom is 0.308 e. The van der Waals surface area contributed by atoms with E-state index in [4.69, 9.17) is 4.74 Å². The largest absolute Gasteiger partial charge is 0.466 e. The highest BCUT2D eigenvalue weighted by atomic mass is 16.5. The predicted molar refractivity (Wildman–Crippen MR) is 100 cm³/mol. The first kappa shape index (κ1) is 18.9. The van der Waals surface area contributed by atoms with Crippen LogP contribution in [0.1, 0.15) is 39.0 Å². The van der Waals surface area contributed by atoms with Crippen LogP contribution in [0.15, 0.2) is 17.1 Å². The van der Waals surface area contributed by atoms with E-state index in [-0.39, 0.29) is 17.4 Å². The highest BCUT2D eigenvalue weighted by Crippen LogP contribution is 2.26. The Bertz CT molecular complexity index is 667. The number of carbonyl (C=O) groups excluding carboxylic acids is 1. The molecule has 3 rings (SSSR count). The van der Waals surface area contributed by atoms with Gasteiger partial charge in [-0.25, -0.2) is 4.68 Å². The Hall–Kier alpha value is -1.89. The number of carbonyl (C=O) groups is 1. The standard InChI is InChI=1S/C19H30N4O3/c1-3-26-19(25)15-4-6-16(7-5-15)20-11-14-8-9-23(13-14)17-10-18(24)22(2)21-12-17/h10,12,14-16,20H,3-9,11,13H2,1-2H3. The summed E-state index contributed by atoms with van der Waals surface area (Å²) in [6.07, 6.45) is 6.82. The second-order valence-electron chi connectivity index (χ2n) is 7.49. The molecule has 1 aliphatic heterocycles. The highest BCUT2D eigenvalue weighted by molar-refractivity contribution is 5.72. The second kappa shape index (κ2) is 8.66. The van der Waals surface area contributed by atoms with Crippen molar-refractivity contribution in [2.24, 2.45) is 18.9 Å².